The molecule has 2 aliphatic rings. The molecule has 0 radical (unpaired) electrons. The molecule has 142 valence electrons. The molecular weight excluding hydrogens is 352 g/mol. The first-order chi connectivity index (χ1) is 13.6. The summed E-state index contributed by atoms with van der Waals surface area (Å²) in [6.07, 6.45) is 7.77. The van der Waals surface area contributed by atoms with E-state index in [1.165, 1.54) is 11.6 Å². The number of rotatable bonds is 4. The molecule has 0 fully saturated rings. The van der Waals surface area contributed by atoms with Crippen molar-refractivity contribution < 1.29 is 14.3 Å². The zero-order valence-electron chi connectivity index (χ0n) is 15.9. The summed E-state index contributed by atoms with van der Waals surface area (Å²) in [5.41, 5.74) is 4.94. The van der Waals surface area contributed by atoms with Gasteiger partial charge in [0.05, 0.1) is 5.69 Å². The van der Waals surface area contributed by atoms with E-state index in [4.69, 9.17) is 4.74 Å². The van der Waals surface area contributed by atoms with E-state index in [0.717, 1.165) is 29.0 Å². The van der Waals surface area contributed by atoms with Gasteiger partial charge >= 0.3 is 0 Å². The summed E-state index contributed by atoms with van der Waals surface area (Å²) in [4.78, 5) is 30.3. The molecule has 0 saturated carbocycles. The largest absolute Gasteiger partial charge is 0.487 e. The fraction of sp³-hybridized carbons (Fsp3) is 0.261. The highest BCUT2D eigenvalue weighted by Crippen LogP contribution is 2.26. The van der Waals surface area contributed by atoms with Crippen LogP contribution in [-0.4, -0.2) is 28.1 Å². The molecule has 1 aromatic carbocycles. The van der Waals surface area contributed by atoms with Crippen molar-refractivity contribution in [1.29, 1.82) is 0 Å². The number of carbonyl (C=O) groups excluding carboxylic acids is 2. The van der Waals surface area contributed by atoms with E-state index in [1.54, 1.807) is 12.2 Å². The summed E-state index contributed by atoms with van der Waals surface area (Å²) in [5, 5.41) is 0. The number of amides is 1. The Morgan fingerprint density at radius 1 is 1.18 bits per heavy atom. The molecular formula is C23H22N2O3. The van der Waals surface area contributed by atoms with E-state index >= 15 is 0 Å². The van der Waals surface area contributed by atoms with Gasteiger partial charge in [0.15, 0.2) is 5.78 Å². The number of fused-ring (bicyclic) bond motifs is 1. The second-order valence-corrected chi connectivity index (χ2v) is 7.19. The lowest BCUT2D eigenvalue weighted by Crippen LogP contribution is -2.36. The summed E-state index contributed by atoms with van der Waals surface area (Å²) in [5.74, 6) is 0.785. The Labute approximate surface area is 164 Å². The number of hydrogen-bond donors (Lipinski definition) is 0. The molecule has 0 spiro atoms. The number of aryl methyl sites for hydroxylation is 1. The van der Waals surface area contributed by atoms with Crippen molar-refractivity contribution in [2.45, 2.75) is 32.9 Å². The van der Waals surface area contributed by atoms with Crippen molar-refractivity contribution in [1.82, 2.24) is 9.88 Å². The summed E-state index contributed by atoms with van der Waals surface area (Å²) in [6, 6.07) is 10.0. The lowest BCUT2D eigenvalue weighted by molar-refractivity contribution is -0.127. The Bertz CT molecular complexity index is 974. The van der Waals surface area contributed by atoms with Crippen molar-refractivity contribution in [3.05, 3.63) is 82.7 Å². The highest BCUT2D eigenvalue weighted by atomic mass is 16.5. The molecule has 1 amide bonds. The van der Waals surface area contributed by atoms with Gasteiger partial charge in [-0.2, -0.15) is 0 Å². The van der Waals surface area contributed by atoms with Gasteiger partial charge in [-0.15, -0.1) is 0 Å². The second-order valence-electron chi connectivity index (χ2n) is 7.19. The van der Waals surface area contributed by atoms with Gasteiger partial charge in [-0.25, -0.2) is 0 Å². The van der Waals surface area contributed by atoms with E-state index in [1.807, 2.05) is 42.3 Å². The molecule has 5 nitrogen and oxygen atoms in total. The Hall–Kier alpha value is -3.21. The summed E-state index contributed by atoms with van der Waals surface area (Å²) < 4.78 is 5.90. The molecule has 1 aliphatic heterocycles. The Morgan fingerprint density at radius 3 is 2.82 bits per heavy atom. The summed E-state index contributed by atoms with van der Waals surface area (Å²) in [7, 11) is 0. The van der Waals surface area contributed by atoms with Crippen LogP contribution in [0.1, 0.15) is 28.8 Å². The lowest BCUT2D eigenvalue weighted by Gasteiger charge is -2.30. The van der Waals surface area contributed by atoms with Gasteiger partial charge in [-0.05, 0) is 60.4 Å². The number of nitrogens with zero attached hydrogens (tertiary/aromatic N) is 2. The molecule has 2 heterocycles. The van der Waals surface area contributed by atoms with Crippen molar-refractivity contribution in [2.75, 3.05) is 6.54 Å². The fourth-order valence-electron chi connectivity index (χ4n) is 3.41. The summed E-state index contributed by atoms with van der Waals surface area (Å²) >= 11 is 0. The van der Waals surface area contributed by atoms with Gasteiger partial charge in [0.1, 0.15) is 12.4 Å². The number of benzene rings is 1. The minimum Gasteiger partial charge on any atom is -0.487 e. The van der Waals surface area contributed by atoms with E-state index < -0.39 is 0 Å². The van der Waals surface area contributed by atoms with Crippen LogP contribution in [0.4, 0.5) is 0 Å². The predicted octanol–water partition coefficient (Wildman–Crippen LogP) is 3.31. The molecule has 4 rings (SSSR count). The molecule has 0 atom stereocenters. The fourth-order valence-corrected chi connectivity index (χ4v) is 3.41. The SMILES string of the molecule is Cc1ccc(COc2ccc3c(c2)CN(C(=O)C2=CCC(=O)C=C2)CC3)nc1. The third-order valence-electron chi connectivity index (χ3n) is 5.06. The van der Waals surface area contributed by atoms with Crippen LogP contribution in [0.2, 0.25) is 0 Å². The number of pyridine rings is 1. The van der Waals surface area contributed by atoms with Crippen LogP contribution in [0.25, 0.3) is 0 Å². The number of ketones is 1. The van der Waals surface area contributed by atoms with Crippen molar-refractivity contribution in [3.63, 3.8) is 0 Å². The van der Waals surface area contributed by atoms with Crippen LogP contribution in [0.3, 0.4) is 0 Å². The van der Waals surface area contributed by atoms with Crippen molar-refractivity contribution >= 4 is 11.7 Å². The monoisotopic (exact) mass is 374 g/mol. The molecule has 5 heteroatoms. The van der Waals surface area contributed by atoms with E-state index in [9.17, 15) is 9.59 Å². The van der Waals surface area contributed by atoms with Gasteiger partial charge in [-0.3, -0.25) is 14.6 Å². The number of hydrogen-bond acceptors (Lipinski definition) is 4. The first-order valence-electron chi connectivity index (χ1n) is 9.45. The average Bonchev–Trinajstić information content (AvgIpc) is 2.73. The van der Waals surface area contributed by atoms with E-state index in [2.05, 4.69) is 11.1 Å². The molecule has 28 heavy (non-hydrogen) atoms. The van der Waals surface area contributed by atoms with Crippen molar-refractivity contribution in [2.24, 2.45) is 0 Å². The van der Waals surface area contributed by atoms with Gasteiger partial charge < -0.3 is 9.64 Å². The van der Waals surface area contributed by atoms with Gasteiger partial charge in [0, 0.05) is 31.3 Å². The lowest BCUT2D eigenvalue weighted by atomic mass is 9.98. The van der Waals surface area contributed by atoms with Crippen LogP contribution in [0.5, 0.6) is 5.75 Å². The predicted molar refractivity (Wildman–Crippen MR) is 106 cm³/mol. The van der Waals surface area contributed by atoms with Crippen LogP contribution >= 0.6 is 0 Å². The first-order valence-corrected chi connectivity index (χ1v) is 9.45. The highest BCUT2D eigenvalue weighted by molar-refractivity contribution is 6.02. The zero-order chi connectivity index (χ0) is 19.5. The van der Waals surface area contributed by atoms with Gasteiger partial charge in [0.2, 0.25) is 0 Å². The molecule has 0 unspecified atom stereocenters. The number of ether oxygens (including phenoxy) is 1. The minimum absolute atomic E-state index is 0.0235. The Kier molecular flexibility index (Phi) is 5.06. The topological polar surface area (TPSA) is 59.5 Å². The van der Waals surface area contributed by atoms with E-state index in [0.29, 0.717) is 31.7 Å². The number of carbonyl (C=O) groups is 2. The number of aromatic nitrogens is 1. The molecule has 0 N–H and O–H groups in total. The quantitative estimate of drug-likeness (QED) is 0.824. The minimum atomic E-state index is -0.0235. The third kappa shape index (κ3) is 4.03. The van der Waals surface area contributed by atoms with E-state index in [-0.39, 0.29) is 11.7 Å². The summed E-state index contributed by atoms with van der Waals surface area (Å²) in [6.45, 7) is 3.64. The first kappa shape index (κ1) is 18.2. The Morgan fingerprint density at radius 2 is 2.07 bits per heavy atom. The maximum atomic E-state index is 12.7. The van der Waals surface area contributed by atoms with Gasteiger partial charge in [-0.1, -0.05) is 18.2 Å². The average molecular weight is 374 g/mol. The molecule has 1 aliphatic carbocycles. The van der Waals surface area contributed by atoms with Gasteiger partial charge in [0.25, 0.3) is 5.91 Å². The molecule has 0 saturated heterocycles. The smallest absolute Gasteiger partial charge is 0.253 e. The maximum absolute atomic E-state index is 12.7. The molecule has 1 aromatic heterocycles. The van der Waals surface area contributed by atoms with Crippen LogP contribution in [0.15, 0.2) is 60.3 Å². The number of allylic oxidation sites excluding steroid dienone is 2. The standard InChI is InChI=1S/C23H22N2O3/c1-16-2-6-20(24-13-16)15-28-22-9-5-17-10-11-25(14-19(17)12-22)23(27)18-3-7-21(26)8-4-18/h2-7,9,12-13H,8,10-11,14-15H2,1H3. The van der Waals surface area contributed by atoms with Crippen LogP contribution < -0.4 is 4.74 Å². The third-order valence-corrected chi connectivity index (χ3v) is 5.06. The maximum Gasteiger partial charge on any atom is 0.253 e. The Balaban J connectivity index is 1.43. The highest BCUT2D eigenvalue weighted by Gasteiger charge is 2.23. The van der Waals surface area contributed by atoms with Crippen LogP contribution in [-0.2, 0) is 29.2 Å². The second kappa shape index (κ2) is 7.80. The zero-order valence-corrected chi connectivity index (χ0v) is 15.9. The molecule has 0 bridgehead atoms. The van der Waals surface area contributed by atoms with Crippen molar-refractivity contribution in [3.8, 4) is 5.75 Å². The molecule has 2 aromatic rings. The van der Waals surface area contributed by atoms with Crippen LogP contribution in [0, 0.1) is 6.92 Å². The normalized spacial score (nSPS) is 15.8.